The monoisotopic (exact) mass is 372 g/mol. The molecule has 0 bridgehead atoms. The van der Waals surface area contributed by atoms with E-state index in [0.29, 0.717) is 17.1 Å². The highest BCUT2D eigenvalue weighted by molar-refractivity contribution is 9.10. The fourth-order valence-electron chi connectivity index (χ4n) is 1.45. The Morgan fingerprint density at radius 3 is 2.61 bits per heavy atom. The van der Waals surface area contributed by atoms with Crippen LogP contribution < -0.4 is 10.1 Å². The van der Waals surface area contributed by atoms with Crippen molar-refractivity contribution in [3.8, 4) is 5.75 Å². The lowest BCUT2D eigenvalue weighted by atomic mass is 10.3. The van der Waals surface area contributed by atoms with Gasteiger partial charge >= 0.3 is 0 Å². The summed E-state index contributed by atoms with van der Waals surface area (Å²) in [7, 11) is 1.58. The second-order valence-electron chi connectivity index (χ2n) is 3.57. The van der Waals surface area contributed by atoms with Crippen molar-refractivity contribution >= 4 is 43.5 Å². The maximum Gasteiger partial charge on any atom is 0.272 e. The topological polar surface area (TPSA) is 54.1 Å². The van der Waals surface area contributed by atoms with Gasteiger partial charge < -0.3 is 15.0 Å². The molecule has 94 valence electrons. The molecular formula is C12H10Br2N2O2. The van der Waals surface area contributed by atoms with Crippen LogP contribution >= 0.6 is 31.9 Å². The first kappa shape index (κ1) is 13.2. The van der Waals surface area contributed by atoms with E-state index in [2.05, 4.69) is 42.2 Å². The van der Waals surface area contributed by atoms with E-state index >= 15 is 0 Å². The zero-order valence-electron chi connectivity index (χ0n) is 9.46. The molecule has 2 rings (SSSR count). The second kappa shape index (κ2) is 5.58. The van der Waals surface area contributed by atoms with Gasteiger partial charge in [-0.1, -0.05) is 15.9 Å². The van der Waals surface area contributed by atoms with Gasteiger partial charge in [0.25, 0.3) is 5.91 Å². The molecule has 0 aliphatic rings. The number of halogens is 2. The molecule has 1 aromatic carbocycles. The minimum Gasteiger partial charge on any atom is -0.497 e. The lowest BCUT2D eigenvalue weighted by Gasteiger charge is -2.07. The first-order valence-corrected chi connectivity index (χ1v) is 6.67. The number of anilines is 1. The van der Waals surface area contributed by atoms with Crippen molar-refractivity contribution < 1.29 is 9.53 Å². The fraction of sp³-hybridized carbons (Fsp3) is 0.0833. The van der Waals surface area contributed by atoms with Crippen molar-refractivity contribution in [2.24, 2.45) is 0 Å². The standard InChI is InChI=1S/C12H10Br2N2O2/c1-18-10-3-7(13)2-9(5-10)16-12(17)11-4-8(14)6-15-11/h2-6,15H,1H3,(H,16,17). The van der Waals surface area contributed by atoms with Crippen LogP contribution in [0.5, 0.6) is 5.75 Å². The first-order chi connectivity index (χ1) is 8.58. The number of aromatic amines is 1. The Morgan fingerprint density at radius 2 is 2.00 bits per heavy atom. The van der Waals surface area contributed by atoms with Gasteiger partial charge in [-0.05, 0) is 34.1 Å². The lowest BCUT2D eigenvalue weighted by molar-refractivity contribution is 0.102. The molecule has 0 radical (unpaired) electrons. The third-order valence-corrected chi connectivity index (χ3v) is 3.17. The van der Waals surface area contributed by atoms with E-state index in [9.17, 15) is 4.79 Å². The molecule has 18 heavy (non-hydrogen) atoms. The van der Waals surface area contributed by atoms with Crippen LogP contribution in [0.15, 0.2) is 39.4 Å². The molecule has 1 amide bonds. The Morgan fingerprint density at radius 1 is 1.22 bits per heavy atom. The third-order valence-electron chi connectivity index (χ3n) is 2.26. The highest BCUT2D eigenvalue weighted by atomic mass is 79.9. The Labute approximate surface area is 121 Å². The molecule has 2 aromatic rings. The number of rotatable bonds is 3. The molecule has 0 saturated carbocycles. The molecule has 0 aliphatic carbocycles. The molecule has 0 saturated heterocycles. The van der Waals surface area contributed by atoms with E-state index in [4.69, 9.17) is 4.74 Å². The molecule has 0 atom stereocenters. The lowest BCUT2D eigenvalue weighted by Crippen LogP contribution is -2.12. The number of hydrogen-bond acceptors (Lipinski definition) is 2. The molecule has 0 fully saturated rings. The van der Waals surface area contributed by atoms with Gasteiger partial charge in [0.05, 0.1) is 7.11 Å². The van der Waals surface area contributed by atoms with Crippen LogP contribution in [-0.2, 0) is 0 Å². The molecule has 1 heterocycles. The number of carbonyl (C=O) groups excluding carboxylic acids is 1. The van der Waals surface area contributed by atoms with Crippen LogP contribution in [0.2, 0.25) is 0 Å². The molecule has 0 aliphatic heterocycles. The van der Waals surface area contributed by atoms with E-state index in [-0.39, 0.29) is 5.91 Å². The average molecular weight is 374 g/mol. The van der Waals surface area contributed by atoms with Crippen LogP contribution in [0.25, 0.3) is 0 Å². The quantitative estimate of drug-likeness (QED) is 0.859. The minimum absolute atomic E-state index is 0.208. The van der Waals surface area contributed by atoms with Crippen molar-refractivity contribution in [3.05, 3.63) is 45.1 Å². The number of aromatic nitrogens is 1. The van der Waals surface area contributed by atoms with Gasteiger partial charge in [0.15, 0.2) is 0 Å². The number of nitrogens with one attached hydrogen (secondary N) is 2. The van der Waals surface area contributed by atoms with E-state index in [1.165, 1.54) is 0 Å². The number of amides is 1. The Balaban J connectivity index is 2.18. The molecule has 2 N–H and O–H groups in total. The van der Waals surface area contributed by atoms with Gasteiger partial charge in [-0.3, -0.25) is 4.79 Å². The molecule has 6 heteroatoms. The maximum absolute atomic E-state index is 11.9. The van der Waals surface area contributed by atoms with E-state index in [1.807, 2.05) is 6.07 Å². The van der Waals surface area contributed by atoms with Crippen molar-refractivity contribution in [2.45, 2.75) is 0 Å². The summed E-state index contributed by atoms with van der Waals surface area (Å²) >= 11 is 6.64. The number of benzene rings is 1. The van der Waals surface area contributed by atoms with Gasteiger partial charge in [-0.25, -0.2) is 0 Å². The predicted molar refractivity (Wildman–Crippen MR) is 77.1 cm³/mol. The Kier molecular flexibility index (Phi) is 4.08. The summed E-state index contributed by atoms with van der Waals surface area (Å²) < 4.78 is 6.80. The van der Waals surface area contributed by atoms with Crippen LogP contribution in [0.3, 0.4) is 0 Å². The smallest absolute Gasteiger partial charge is 0.272 e. The summed E-state index contributed by atoms with van der Waals surface area (Å²) in [5.74, 6) is 0.466. The van der Waals surface area contributed by atoms with Crippen LogP contribution in [0.4, 0.5) is 5.69 Å². The summed E-state index contributed by atoms with van der Waals surface area (Å²) in [5.41, 5.74) is 1.15. The zero-order chi connectivity index (χ0) is 13.1. The van der Waals surface area contributed by atoms with Crippen molar-refractivity contribution in [3.63, 3.8) is 0 Å². The molecule has 0 spiro atoms. The number of carbonyl (C=O) groups is 1. The van der Waals surface area contributed by atoms with Crippen molar-refractivity contribution in [2.75, 3.05) is 12.4 Å². The third kappa shape index (κ3) is 3.14. The predicted octanol–water partition coefficient (Wildman–Crippen LogP) is 3.80. The largest absolute Gasteiger partial charge is 0.497 e. The maximum atomic E-state index is 11.9. The first-order valence-electron chi connectivity index (χ1n) is 5.08. The summed E-state index contributed by atoms with van der Waals surface area (Å²) in [6.45, 7) is 0. The van der Waals surface area contributed by atoms with Crippen LogP contribution in [0.1, 0.15) is 10.5 Å². The van der Waals surface area contributed by atoms with Crippen LogP contribution in [-0.4, -0.2) is 18.0 Å². The highest BCUT2D eigenvalue weighted by Gasteiger charge is 2.09. The normalized spacial score (nSPS) is 10.2. The number of hydrogen-bond donors (Lipinski definition) is 2. The fourth-order valence-corrected chi connectivity index (χ4v) is 2.27. The van der Waals surface area contributed by atoms with Gasteiger partial charge in [0, 0.05) is 26.9 Å². The van der Waals surface area contributed by atoms with Gasteiger partial charge in [-0.15, -0.1) is 0 Å². The van der Waals surface area contributed by atoms with Gasteiger partial charge in [-0.2, -0.15) is 0 Å². The summed E-state index contributed by atoms with van der Waals surface area (Å²) in [6.07, 6.45) is 1.70. The molecular weight excluding hydrogens is 364 g/mol. The van der Waals surface area contributed by atoms with Gasteiger partial charge in [0.2, 0.25) is 0 Å². The molecule has 0 unspecified atom stereocenters. The van der Waals surface area contributed by atoms with E-state index in [1.54, 1.807) is 31.5 Å². The van der Waals surface area contributed by atoms with E-state index in [0.717, 1.165) is 8.95 Å². The highest BCUT2D eigenvalue weighted by Crippen LogP contribution is 2.25. The Bertz CT molecular complexity index is 581. The Hall–Kier alpha value is -1.27. The number of H-pyrrole nitrogens is 1. The average Bonchev–Trinajstić information content (AvgIpc) is 2.75. The van der Waals surface area contributed by atoms with Crippen molar-refractivity contribution in [1.82, 2.24) is 4.98 Å². The summed E-state index contributed by atoms with van der Waals surface area (Å²) in [5, 5.41) is 2.79. The van der Waals surface area contributed by atoms with Gasteiger partial charge in [0.1, 0.15) is 11.4 Å². The molecule has 4 nitrogen and oxygen atoms in total. The minimum atomic E-state index is -0.208. The SMILES string of the molecule is COc1cc(Br)cc(NC(=O)c2cc(Br)c[nH]2)c1. The molecule has 1 aromatic heterocycles. The summed E-state index contributed by atoms with van der Waals surface area (Å²) in [4.78, 5) is 14.8. The number of ether oxygens (including phenoxy) is 1. The number of methoxy groups -OCH3 is 1. The summed E-state index contributed by atoms with van der Waals surface area (Å²) in [6, 6.07) is 7.09. The van der Waals surface area contributed by atoms with E-state index < -0.39 is 0 Å². The second-order valence-corrected chi connectivity index (χ2v) is 5.40. The van der Waals surface area contributed by atoms with Crippen molar-refractivity contribution in [1.29, 1.82) is 0 Å². The van der Waals surface area contributed by atoms with Crippen LogP contribution in [0, 0.1) is 0 Å². The zero-order valence-corrected chi connectivity index (χ0v) is 12.6.